The SMILES string of the molecule is COC(=O)NC(C(=O)N1CC(C)CC1c1ncc(C2=CC=C(c3ccc(-c4cnc(C5CC(C)CN5C(=O)C(NC(=O)OC)C(C)C)[nH]4)cc3)C3C4CCC(O4)C23)[nH]1)C(C)C. The van der Waals surface area contributed by atoms with E-state index in [-0.39, 0.29) is 71.6 Å². The zero-order valence-corrected chi connectivity index (χ0v) is 36.4. The number of hydrogen-bond donors (Lipinski definition) is 4. The van der Waals surface area contributed by atoms with Gasteiger partial charge in [-0.3, -0.25) is 9.59 Å². The van der Waals surface area contributed by atoms with Gasteiger partial charge in [0.25, 0.3) is 0 Å². The number of methoxy groups -OCH3 is 2. The predicted octanol–water partition coefficient (Wildman–Crippen LogP) is 6.65. The predicted molar refractivity (Wildman–Crippen MR) is 228 cm³/mol. The Morgan fingerprint density at radius 1 is 0.689 bits per heavy atom. The number of H-pyrrole nitrogens is 2. The van der Waals surface area contributed by atoms with E-state index in [0.29, 0.717) is 13.1 Å². The summed E-state index contributed by atoms with van der Waals surface area (Å²) >= 11 is 0. The molecule has 61 heavy (non-hydrogen) atoms. The molecule has 4 N–H and O–H groups in total. The highest BCUT2D eigenvalue weighted by molar-refractivity contribution is 5.87. The van der Waals surface area contributed by atoms with Gasteiger partial charge in [0.1, 0.15) is 23.7 Å². The molecule has 2 bridgehead atoms. The molecule has 3 aromatic rings. The van der Waals surface area contributed by atoms with Crippen LogP contribution in [0.3, 0.4) is 0 Å². The molecule has 4 aliphatic heterocycles. The monoisotopic (exact) mass is 836 g/mol. The first-order chi connectivity index (χ1) is 29.3. The molecule has 15 nitrogen and oxygen atoms in total. The first kappa shape index (κ1) is 42.3. The van der Waals surface area contributed by atoms with Crippen molar-refractivity contribution in [1.29, 1.82) is 0 Å². The van der Waals surface area contributed by atoms with Crippen LogP contribution in [0.2, 0.25) is 0 Å². The lowest BCUT2D eigenvalue weighted by molar-refractivity contribution is -0.136. The second-order valence-electron chi connectivity index (χ2n) is 18.4. The molecule has 1 aromatic carbocycles. The van der Waals surface area contributed by atoms with Crippen LogP contribution in [0.1, 0.15) is 102 Å². The van der Waals surface area contributed by atoms with Gasteiger partial charge in [0, 0.05) is 24.9 Å². The van der Waals surface area contributed by atoms with Crippen molar-refractivity contribution in [3.63, 3.8) is 0 Å². The minimum atomic E-state index is -0.705. The Bertz CT molecular complexity index is 2190. The van der Waals surface area contributed by atoms with Crippen LogP contribution in [-0.2, 0) is 23.8 Å². The molecule has 1 aliphatic carbocycles. The fraction of sp³-hybridized carbons (Fsp3) is 0.565. The van der Waals surface area contributed by atoms with Gasteiger partial charge in [-0.2, -0.15) is 0 Å². The van der Waals surface area contributed by atoms with Crippen molar-refractivity contribution in [2.24, 2.45) is 35.5 Å². The maximum absolute atomic E-state index is 13.9. The van der Waals surface area contributed by atoms with Crippen LogP contribution in [0.15, 0.2) is 48.8 Å². The molecule has 326 valence electrons. The number of amides is 4. The van der Waals surface area contributed by atoms with E-state index < -0.39 is 24.3 Å². The number of fused-ring (bicyclic) bond motifs is 5. The normalized spacial score (nSPS) is 27.8. The van der Waals surface area contributed by atoms with Crippen LogP contribution < -0.4 is 10.6 Å². The van der Waals surface area contributed by atoms with E-state index in [9.17, 15) is 19.2 Å². The number of carbonyl (C=O) groups excluding carboxylic acids is 4. The Morgan fingerprint density at radius 2 is 1.13 bits per heavy atom. The molecule has 4 fully saturated rings. The topological polar surface area (TPSA) is 184 Å². The van der Waals surface area contributed by atoms with E-state index in [1.165, 1.54) is 25.4 Å². The number of nitrogens with zero attached hydrogens (tertiary/aromatic N) is 4. The molecule has 2 aromatic heterocycles. The molecular weight excluding hydrogens is 777 g/mol. The maximum atomic E-state index is 13.9. The second kappa shape index (κ2) is 17.1. The smallest absolute Gasteiger partial charge is 0.407 e. The molecule has 10 unspecified atom stereocenters. The molecule has 15 heteroatoms. The van der Waals surface area contributed by atoms with Crippen LogP contribution in [0.5, 0.6) is 0 Å². The Labute approximate surface area is 357 Å². The van der Waals surface area contributed by atoms with E-state index in [2.05, 4.69) is 70.9 Å². The maximum Gasteiger partial charge on any atom is 0.407 e. The average molecular weight is 837 g/mol. The average Bonchev–Trinajstić information content (AvgIpc) is 4.12. The van der Waals surface area contributed by atoms with Crippen molar-refractivity contribution in [3.05, 3.63) is 71.7 Å². The van der Waals surface area contributed by atoms with Crippen molar-refractivity contribution in [2.75, 3.05) is 27.3 Å². The zero-order chi connectivity index (χ0) is 43.3. The van der Waals surface area contributed by atoms with E-state index in [0.717, 1.165) is 59.8 Å². The van der Waals surface area contributed by atoms with Gasteiger partial charge in [-0.1, -0.05) is 78.0 Å². The minimum Gasteiger partial charge on any atom is -0.453 e. The third-order valence-corrected chi connectivity index (χ3v) is 13.5. The van der Waals surface area contributed by atoms with Crippen molar-refractivity contribution in [2.45, 2.75) is 104 Å². The van der Waals surface area contributed by atoms with Crippen LogP contribution >= 0.6 is 0 Å². The molecule has 4 amide bonds. The number of rotatable bonds is 11. The third-order valence-electron chi connectivity index (χ3n) is 13.5. The highest BCUT2D eigenvalue weighted by Gasteiger charge is 2.53. The molecular formula is C46H60N8O7. The molecule has 4 saturated heterocycles. The van der Waals surface area contributed by atoms with E-state index >= 15 is 0 Å². The quantitative estimate of drug-likeness (QED) is 0.164. The summed E-state index contributed by atoms with van der Waals surface area (Å²) < 4.78 is 16.3. The number of hydrogen-bond acceptors (Lipinski definition) is 9. The van der Waals surface area contributed by atoms with E-state index in [1.54, 1.807) is 0 Å². The fourth-order valence-electron chi connectivity index (χ4n) is 10.4. The van der Waals surface area contributed by atoms with Gasteiger partial charge in [0.05, 0.1) is 62.3 Å². The number of aromatic amines is 2. The number of imidazole rings is 2. The van der Waals surface area contributed by atoms with Crippen LogP contribution in [0.25, 0.3) is 22.4 Å². The minimum absolute atomic E-state index is 0.108. The Kier molecular flexibility index (Phi) is 11.9. The van der Waals surface area contributed by atoms with Gasteiger partial charge in [0.15, 0.2) is 0 Å². The van der Waals surface area contributed by atoms with E-state index in [4.69, 9.17) is 24.2 Å². The first-order valence-corrected chi connectivity index (χ1v) is 21.8. The Hall–Kier alpha value is -5.44. The summed E-state index contributed by atoms with van der Waals surface area (Å²) in [5.41, 5.74) is 6.38. The largest absolute Gasteiger partial charge is 0.453 e. The summed E-state index contributed by atoms with van der Waals surface area (Å²) in [6.07, 6.45) is 10.7. The van der Waals surface area contributed by atoms with Crippen molar-refractivity contribution in [3.8, 4) is 11.3 Å². The van der Waals surface area contributed by atoms with Gasteiger partial charge in [-0.25, -0.2) is 19.6 Å². The summed E-state index contributed by atoms with van der Waals surface area (Å²) in [6, 6.07) is 6.69. The number of benzene rings is 1. The molecule has 0 radical (unpaired) electrons. The van der Waals surface area contributed by atoms with Gasteiger partial charge in [-0.15, -0.1) is 0 Å². The number of allylic oxidation sites excluding steroid dienone is 2. The molecule has 8 rings (SSSR count). The van der Waals surface area contributed by atoms with Crippen LogP contribution in [0, 0.1) is 35.5 Å². The van der Waals surface area contributed by atoms with Crippen molar-refractivity contribution >= 4 is 35.1 Å². The number of carbonyl (C=O) groups is 4. The van der Waals surface area contributed by atoms with Gasteiger partial charge >= 0.3 is 12.2 Å². The van der Waals surface area contributed by atoms with E-state index in [1.807, 2.05) is 49.9 Å². The molecule has 0 spiro atoms. The number of nitrogens with one attached hydrogen (secondary N) is 4. The zero-order valence-electron chi connectivity index (χ0n) is 36.4. The summed E-state index contributed by atoms with van der Waals surface area (Å²) in [4.78, 5) is 72.4. The van der Waals surface area contributed by atoms with Crippen molar-refractivity contribution < 1.29 is 33.4 Å². The number of ether oxygens (including phenoxy) is 3. The third kappa shape index (κ3) is 8.08. The molecule has 5 aliphatic rings. The van der Waals surface area contributed by atoms with Crippen LogP contribution in [-0.4, -0.2) is 105 Å². The van der Waals surface area contributed by atoms with Gasteiger partial charge in [0.2, 0.25) is 11.8 Å². The summed E-state index contributed by atoms with van der Waals surface area (Å²) in [7, 11) is 2.60. The lowest BCUT2D eigenvalue weighted by Gasteiger charge is -2.34. The lowest BCUT2D eigenvalue weighted by atomic mass is 9.67. The second-order valence-corrected chi connectivity index (χ2v) is 18.4. The number of aromatic nitrogens is 4. The standard InChI is InChI=1S/C46H60N8O7/c1-23(2)39(51-45(57)59-7)43(55)53-21-25(5)17-33(53)41-47-19-31(49-41)28-11-9-27(10-12-28)29-13-14-30(38-36-16-15-35(61-36)37(29)38)32-20-48-42(50-32)34-18-26(6)22-54(34)44(56)40(24(3)4)52-46(58)60-8/h9-14,19-20,23-26,33-40H,15-18,21-22H2,1-8H3,(H,47,49)(H,48,50)(H,51,57)(H,52,58). The lowest BCUT2D eigenvalue weighted by Crippen LogP contribution is -2.51. The highest BCUT2D eigenvalue weighted by atomic mass is 16.5. The summed E-state index contributed by atoms with van der Waals surface area (Å²) in [6.45, 7) is 13.1. The van der Waals surface area contributed by atoms with Crippen molar-refractivity contribution in [1.82, 2.24) is 40.4 Å². The first-order valence-electron chi connectivity index (χ1n) is 21.8. The fourth-order valence-corrected chi connectivity index (χ4v) is 10.4. The summed E-state index contributed by atoms with van der Waals surface area (Å²) in [5, 5.41) is 5.47. The number of likely N-dealkylation sites (tertiary alicyclic amines) is 2. The molecule has 10 atom stereocenters. The van der Waals surface area contributed by atoms with Crippen LogP contribution in [0.4, 0.5) is 9.59 Å². The van der Waals surface area contributed by atoms with Gasteiger partial charge < -0.3 is 44.6 Å². The summed E-state index contributed by atoms with van der Waals surface area (Å²) in [5.74, 6) is 1.87. The number of alkyl carbamates (subject to hydrolysis) is 2. The van der Waals surface area contributed by atoms with Gasteiger partial charge in [-0.05, 0) is 71.6 Å². The Morgan fingerprint density at radius 3 is 1.62 bits per heavy atom. The highest BCUT2D eigenvalue weighted by Crippen LogP contribution is 2.55. The molecule has 0 saturated carbocycles. The molecule has 6 heterocycles. The Balaban J connectivity index is 1.01.